The fourth-order valence-electron chi connectivity index (χ4n) is 6.90. The lowest BCUT2D eigenvalue weighted by molar-refractivity contribution is -0.173. The van der Waals surface area contributed by atoms with Crippen molar-refractivity contribution in [2.45, 2.75) is 39.9 Å². The molecule has 2 aliphatic rings. The van der Waals surface area contributed by atoms with Crippen molar-refractivity contribution in [1.29, 1.82) is 0 Å². The van der Waals surface area contributed by atoms with Crippen LogP contribution >= 0.6 is 0 Å². The topological polar surface area (TPSA) is 65.0 Å². The number of benzene rings is 5. The van der Waals surface area contributed by atoms with Crippen molar-refractivity contribution in [2.24, 2.45) is 10.4 Å². The zero-order chi connectivity index (χ0) is 33.8. The van der Waals surface area contributed by atoms with Gasteiger partial charge in [0.1, 0.15) is 13.2 Å². The van der Waals surface area contributed by atoms with Gasteiger partial charge in [-0.2, -0.15) is 0 Å². The minimum Gasteiger partial charge on any atom is -0.460 e. The monoisotopic (exact) mass is 643 g/mol. The maximum absolute atomic E-state index is 14.4. The zero-order valence-corrected chi connectivity index (χ0v) is 27.7. The summed E-state index contributed by atoms with van der Waals surface area (Å²) in [5, 5.41) is 0. The summed E-state index contributed by atoms with van der Waals surface area (Å²) >= 11 is 0. The molecule has 1 fully saturated rings. The van der Waals surface area contributed by atoms with Crippen LogP contribution in [0, 0.1) is 19.3 Å². The van der Waals surface area contributed by atoms with E-state index in [0.717, 1.165) is 67.1 Å². The predicted octanol–water partition coefficient (Wildman–Crippen LogP) is 9.56. The molecule has 0 amide bonds. The molecule has 49 heavy (non-hydrogen) atoms. The lowest BCUT2D eigenvalue weighted by atomic mass is 9.82. The first-order valence-electron chi connectivity index (χ1n) is 16.6. The van der Waals surface area contributed by atoms with Gasteiger partial charge in [0.25, 0.3) is 0 Å². The van der Waals surface area contributed by atoms with E-state index in [0.29, 0.717) is 0 Å². The molecule has 0 atom stereocenters. The summed E-state index contributed by atoms with van der Waals surface area (Å²) in [4.78, 5) is 34.2. The average Bonchev–Trinajstić information content (AvgIpc) is 3.67. The fraction of sp³-hybridized carbons (Fsp3) is 0.159. The standard InChI is InChI=1S/C44H37NO4/c1-30-16-15-17-31(2)40(30)45-41-38(34-22-11-5-12-23-34)36-26-44(42(46)48-28-32-18-7-3-8-19-32,43(47)49-29-33-20-9-4-10-21-33)27-37(36)39(41)35-24-13-6-14-25-35/h3-25H,26-29H2,1-2H3. The second kappa shape index (κ2) is 13.7. The first kappa shape index (κ1) is 31.8. The maximum Gasteiger partial charge on any atom is 0.324 e. The molecular weight excluding hydrogens is 606 g/mol. The number of hydrogen-bond donors (Lipinski definition) is 0. The van der Waals surface area contributed by atoms with E-state index in [1.54, 1.807) is 0 Å². The quantitative estimate of drug-likeness (QED) is 0.119. The van der Waals surface area contributed by atoms with Gasteiger partial charge in [0.05, 0.1) is 11.4 Å². The lowest BCUT2D eigenvalue weighted by Crippen LogP contribution is -2.40. The number of carbonyl (C=O) groups excluding carboxylic acids is 2. The van der Waals surface area contributed by atoms with E-state index in [1.165, 1.54) is 0 Å². The van der Waals surface area contributed by atoms with Crippen molar-refractivity contribution in [1.82, 2.24) is 0 Å². The van der Waals surface area contributed by atoms with E-state index in [9.17, 15) is 9.59 Å². The fourth-order valence-corrected chi connectivity index (χ4v) is 6.90. The first-order chi connectivity index (χ1) is 23.9. The van der Waals surface area contributed by atoms with Crippen molar-refractivity contribution in [2.75, 3.05) is 0 Å². The van der Waals surface area contributed by atoms with Crippen molar-refractivity contribution >= 4 is 34.5 Å². The van der Waals surface area contributed by atoms with Gasteiger partial charge in [0.2, 0.25) is 0 Å². The molecule has 5 nitrogen and oxygen atoms in total. The number of carbonyl (C=O) groups is 2. The van der Waals surface area contributed by atoms with E-state index in [4.69, 9.17) is 14.5 Å². The van der Waals surface area contributed by atoms with Crippen LogP contribution < -0.4 is 0 Å². The molecular formula is C44H37NO4. The molecule has 242 valence electrons. The highest BCUT2D eigenvalue weighted by atomic mass is 16.6. The second-order valence-electron chi connectivity index (χ2n) is 12.7. The van der Waals surface area contributed by atoms with Crippen LogP contribution in [0.15, 0.2) is 156 Å². The highest BCUT2D eigenvalue weighted by Gasteiger charge is 2.57. The molecule has 0 aliphatic heterocycles. The van der Waals surface area contributed by atoms with Crippen LogP contribution in [-0.2, 0) is 32.3 Å². The summed E-state index contributed by atoms with van der Waals surface area (Å²) in [6, 6.07) is 45.5. The van der Waals surface area contributed by atoms with Gasteiger partial charge in [-0.1, -0.05) is 140 Å². The Hall–Kier alpha value is -5.81. The summed E-state index contributed by atoms with van der Waals surface area (Å²) in [5.74, 6) is -1.17. The molecule has 0 heterocycles. The Kier molecular flexibility index (Phi) is 8.91. The molecule has 5 aromatic carbocycles. The van der Waals surface area contributed by atoms with E-state index in [1.807, 2.05) is 103 Å². The van der Waals surface area contributed by atoms with Crippen LogP contribution in [-0.4, -0.2) is 17.7 Å². The number of esters is 2. The second-order valence-corrected chi connectivity index (χ2v) is 12.7. The highest BCUT2D eigenvalue weighted by Crippen LogP contribution is 2.57. The van der Waals surface area contributed by atoms with Gasteiger partial charge < -0.3 is 9.47 Å². The lowest BCUT2D eigenvalue weighted by Gasteiger charge is -2.25. The summed E-state index contributed by atoms with van der Waals surface area (Å²) in [6.45, 7) is 4.26. The Morgan fingerprint density at radius 3 is 1.35 bits per heavy atom. The third kappa shape index (κ3) is 6.28. The van der Waals surface area contributed by atoms with E-state index in [2.05, 4.69) is 50.2 Å². The summed E-state index contributed by atoms with van der Waals surface area (Å²) < 4.78 is 11.9. The van der Waals surface area contributed by atoms with Crippen LogP contribution in [0.5, 0.6) is 0 Å². The molecule has 0 radical (unpaired) electrons. The third-order valence-electron chi connectivity index (χ3n) is 9.39. The largest absolute Gasteiger partial charge is 0.460 e. The molecule has 0 bridgehead atoms. The van der Waals surface area contributed by atoms with Gasteiger partial charge in [-0.25, -0.2) is 4.99 Å². The predicted molar refractivity (Wildman–Crippen MR) is 194 cm³/mol. The summed E-state index contributed by atoms with van der Waals surface area (Å²) in [6.07, 6.45) is 0.270. The Morgan fingerprint density at radius 2 is 0.939 bits per heavy atom. The summed E-state index contributed by atoms with van der Waals surface area (Å²) in [7, 11) is 0. The molecule has 5 aromatic rings. The molecule has 7 rings (SSSR count). The Balaban J connectivity index is 1.40. The number of para-hydroxylation sites is 1. The van der Waals surface area contributed by atoms with Crippen LogP contribution in [0.25, 0.3) is 11.1 Å². The number of nitrogens with zero attached hydrogens (tertiary/aromatic N) is 1. The Labute approximate surface area is 287 Å². The molecule has 5 heteroatoms. The Bertz CT molecular complexity index is 1950. The van der Waals surface area contributed by atoms with Gasteiger partial charge in [0.15, 0.2) is 5.41 Å². The smallest absolute Gasteiger partial charge is 0.324 e. The van der Waals surface area contributed by atoms with Gasteiger partial charge in [-0.15, -0.1) is 0 Å². The molecule has 2 aliphatic carbocycles. The molecule has 0 N–H and O–H groups in total. The van der Waals surface area contributed by atoms with E-state index in [-0.39, 0.29) is 26.1 Å². The minimum absolute atomic E-state index is 0.0574. The normalized spacial score (nSPS) is 14.9. The zero-order valence-electron chi connectivity index (χ0n) is 27.7. The maximum atomic E-state index is 14.4. The average molecular weight is 644 g/mol. The van der Waals surface area contributed by atoms with E-state index < -0.39 is 17.4 Å². The number of rotatable bonds is 9. The van der Waals surface area contributed by atoms with E-state index >= 15 is 0 Å². The van der Waals surface area contributed by atoms with Crippen molar-refractivity contribution in [3.63, 3.8) is 0 Å². The number of aryl methyl sites for hydroxylation is 2. The van der Waals surface area contributed by atoms with Crippen molar-refractivity contribution in [3.8, 4) is 0 Å². The van der Waals surface area contributed by atoms with Crippen LogP contribution in [0.2, 0.25) is 0 Å². The SMILES string of the molecule is Cc1cccc(C)c1N=C1C(c2ccccc2)=C2CC(C(=O)OCc3ccccc3)(C(=O)OCc3ccccc3)CC2=C1c1ccccc1. The van der Waals surface area contributed by atoms with Crippen LogP contribution in [0.1, 0.15) is 46.2 Å². The number of ether oxygens (including phenoxy) is 2. The number of fused-ring (bicyclic) bond motifs is 1. The molecule has 0 saturated heterocycles. The highest BCUT2D eigenvalue weighted by molar-refractivity contribution is 6.50. The van der Waals surface area contributed by atoms with Crippen LogP contribution in [0.4, 0.5) is 5.69 Å². The van der Waals surface area contributed by atoms with Gasteiger partial charge >= 0.3 is 11.9 Å². The molecule has 0 spiro atoms. The summed E-state index contributed by atoms with van der Waals surface area (Å²) in [5.41, 5.74) is 9.64. The third-order valence-corrected chi connectivity index (χ3v) is 9.39. The molecule has 1 saturated carbocycles. The molecule has 0 aromatic heterocycles. The number of allylic oxidation sites excluding steroid dienone is 4. The minimum atomic E-state index is -1.57. The van der Waals surface area contributed by atoms with Gasteiger partial charge in [0, 0.05) is 24.0 Å². The molecule has 0 unspecified atom stereocenters. The van der Waals surface area contributed by atoms with Gasteiger partial charge in [-0.3, -0.25) is 9.59 Å². The van der Waals surface area contributed by atoms with Crippen molar-refractivity contribution < 1.29 is 19.1 Å². The number of aliphatic imine (C=N–C) groups is 1. The Morgan fingerprint density at radius 1 is 0.551 bits per heavy atom. The number of hydrogen-bond acceptors (Lipinski definition) is 5. The van der Waals surface area contributed by atoms with Crippen LogP contribution in [0.3, 0.4) is 0 Å². The van der Waals surface area contributed by atoms with Crippen molar-refractivity contribution in [3.05, 3.63) is 184 Å². The van der Waals surface area contributed by atoms with Gasteiger partial charge in [-0.05, 0) is 58.4 Å². The first-order valence-corrected chi connectivity index (χ1v) is 16.6.